The Balaban J connectivity index is 2.25. The van der Waals surface area contributed by atoms with Crippen LogP contribution in [0.3, 0.4) is 0 Å². The first-order valence-corrected chi connectivity index (χ1v) is 5.47. The molecule has 0 aliphatic heterocycles. The maximum Gasteiger partial charge on any atom is 0.251 e. The van der Waals surface area contributed by atoms with E-state index in [2.05, 4.69) is 17.9 Å². The van der Waals surface area contributed by atoms with E-state index in [4.69, 9.17) is 10.5 Å². The van der Waals surface area contributed by atoms with Gasteiger partial charge in [0.05, 0.1) is 6.61 Å². The summed E-state index contributed by atoms with van der Waals surface area (Å²) < 4.78 is 4.90. The fourth-order valence-corrected chi connectivity index (χ4v) is 1.27. The Morgan fingerprint density at radius 3 is 2.53 bits per heavy atom. The van der Waals surface area contributed by atoms with Gasteiger partial charge in [-0.25, -0.2) is 0 Å². The standard InChI is InChI=1S/C11H14N2O3S/c12-10(14)7-16-6-5-13-11(15)8-1-3-9(17)4-2-8/h1-4,17H,5-7H2,(H2,12,14)(H,13,15). The summed E-state index contributed by atoms with van der Waals surface area (Å²) in [5.74, 6) is -0.721. The molecule has 1 rings (SSSR count). The van der Waals surface area contributed by atoms with Gasteiger partial charge in [-0.2, -0.15) is 0 Å². The fraction of sp³-hybridized carbons (Fsp3) is 0.273. The lowest BCUT2D eigenvalue weighted by Crippen LogP contribution is -2.28. The molecule has 0 heterocycles. The second-order valence-corrected chi connectivity index (χ2v) is 3.84. The molecule has 6 heteroatoms. The van der Waals surface area contributed by atoms with Crippen LogP contribution in [0.15, 0.2) is 29.2 Å². The molecule has 0 saturated carbocycles. The highest BCUT2D eigenvalue weighted by molar-refractivity contribution is 7.80. The highest BCUT2D eigenvalue weighted by atomic mass is 32.1. The van der Waals surface area contributed by atoms with E-state index >= 15 is 0 Å². The molecule has 1 aromatic carbocycles. The van der Waals surface area contributed by atoms with Gasteiger partial charge in [-0.3, -0.25) is 9.59 Å². The maximum absolute atomic E-state index is 11.6. The zero-order valence-electron chi connectivity index (χ0n) is 9.18. The van der Waals surface area contributed by atoms with Crippen LogP contribution in [0.25, 0.3) is 0 Å². The molecule has 0 bridgehead atoms. The number of amides is 2. The molecule has 0 unspecified atom stereocenters. The number of carbonyl (C=O) groups is 2. The second kappa shape index (κ2) is 6.93. The van der Waals surface area contributed by atoms with E-state index in [1.165, 1.54) is 0 Å². The van der Waals surface area contributed by atoms with Gasteiger partial charge in [0.1, 0.15) is 6.61 Å². The molecular formula is C11H14N2O3S. The van der Waals surface area contributed by atoms with Crippen molar-refractivity contribution in [1.82, 2.24) is 5.32 Å². The summed E-state index contributed by atoms with van der Waals surface area (Å²) in [6, 6.07) is 6.84. The van der Waals surface area contributed by atoms with Crippen molar-refractivity contribution in [2.75, 3.05) is 19.8 Å². The monoisotopic (exact) mass is 254 g/mol. The van der Waals surface area contributed by atoms with Crippen LogP contribution in [0.4, 0.5) is 0 Å². The van der Waals surface area contributed by atoms with E-state index in [0.29, 0.717) is 12.1 Å². The first-order valence-electron chi connectivity index (χ1n) is 5.03. The second-order valence-electron chi connectivity index (χ2n) is 3.32. The van der Waals surface area contributed by atoms with E-state index in [1.54, 1.807) is 24.3 Å². The van der Waals surface area contributed by atoms with Crippen molar-refractivity contribution in [3.05, 3.63) is 29.8 Å². The molecule has 92 valence electrons. The Labute approximate surface area is 105 Å². The molecule has 2 amide bonds. The van der Waals surface area contributed by atoms with Crippen molar-refractivity contribution < 1.29 is 14.3 Å². The van der Waals surface area contributed by atoms with Crippen LogP contribution in [-0.2, 0) is 9.53 Å². The third-order valence-electron chi connectivity index (χ3n) is 1.91. The minimum Gasteiger partial charge on any atom is -0.370 e. The molecule has 17 heavy (non-hydrogen) atoms. The summed E-state index contributed by atoms with van der Waals surface area (Å²) in [6.07, 6.45) is 0. The summed E-state index contributed by atoms with van der Waals surface area (Å²) in [5, 5.41) is 2.65. The summed E-state index contributed by atoms with van der Waals surface area (Å²) in [7, 11) is 0. The van der Waals surface area contributed by atoms with Crippen molar-refractivity contribution in [3.63, 3.8) is 0 Å². The number of rotatable bonds is 6. The van der Waals surface area contributed by atoms with E-state index in [0.717, 1.165) is 4.90 Å². The maximum atomic E-state index is 11.6. The zero-order valence-corrected chi connectivity index (χ0v) is 10.1. The summed E-state index contributed by atoms with van der Waals surface area (Å²) in [6.45, 7) is 0.443. The highest BCUT2D eigenvalue weighted by Gasteiger charge is 2.03. The minimum absolute atomic E-state index is 0.135. The smallest absolute Gasteiger partial charge is 0.251 e. The molecular weight excluding hydrogens is 240 g/mol. The third kappa shape index (κ3) is 5.37. The lowest BCUT2D eigenvalue weighted by molar-refractivity contribution is -0.122. The van der Waals surface area contributed by atoms with Crippen LogP contribution in [0.1, 0.15) is 10.4 Å². The summed E-state index contributed by atoms with van der Waals surface area (Å²) in [4.78, 5) is 22.7. The number of hydrogen-bond donors (Lipinski definition) is 3. The van der Waals surface area contributed by atoms with Crippen molar-refractivity contribution in [1.29, 1.82) is 0 Å². The largest absolute Gasteiger partial charge is 0.370 e. The van der Waals surface area contributed by atoms with Gasteiger partial charge in [-0.1, -0.05) is 0 Å². The first-order chi connectivity index (χ1) is 8.09. The molecule has 5 nitrogen and oxygen atoms in total. The number of thiol groups is 1. The van der Waals surface area contributed by atoms with E-state index in [9.17, 15) is 9.59 Å². The zero-order chi connectivity index (χ0) is 12.7. The van der Waals surface area contributed by atoms with E-state index in [-0.39, 0.29) is 19.1 Å². The Kier molecular flexibility index (Phi) is 5.51. The number of nitrogens with two attached hydrogens (primary N) is 1. The molecule has 0 atom stereocenters. The highest BCUT2D eigenvalue weighted by Crippen LogP contribution is 2.07. The SMILES string of the molecule is NC(=O)COCCNC(=O)c1ccc(S)cc1. The van der Waals surface area contributed by atoms with E-state index in [1.807, 2.05) is 0 Å². The predicted octanol–water partition coefficient (Wildman–Crippen LogP) is 0.207. The topological polar surface area (TPSA) is 81.4 Å². The summed E-state index contributed by atoms with van der Waals surface area (Å²) in [5.41, 5.74) is 5.43. The van der Waals surface area contributed by atoms with Crippen LogP contribution in [-0.4, -0.2) is 31.6 Å². The number of ether oxygens (including phenoxy) is 1. The van der Waals surface area contributed by atoms with Gasteiger partial charge < -0.3 is 15.8 Å². The molecule has 0 spiro atoms. The molecule has 0 aromatic heterocycles. The van der Waals surface area contributed by atoms with Gasteiger partial charge in [-0.05, 0) is 24.3 Å². The fourth-order valence-electron chi connectivity index (χ4n) is 1.12. The number of nitrogens with one attached hydrogen (secondary N) is 1. The quantitative estimate of drug-likeness (QED) is 0.501. The third-order valence-corrected chi connectivity index (χ3v) is 2.20. The van der Waals surface area contributed by atoms with Crippen LogP contribution in [0.5, 0.6) is 0 Å². The first kappa shape index (κ1) is 13.5. The molecule has 0 aliphatic carbocycles. The Hall–Kier alpha value is -1.53. The number of carbonyl (C=O) groups excluding carboxylic acids is 2. The lowest BCUT2D eigenvalue weighted by atomic mass is 10.2. The van der Waals surface area contributed by atoms with Gasteiger partial charge in [0.25, 0.3) is 5.91 Å². The van der Waals surface area contributed by atoms with Crippen LogP contribution < -0.4 is 11.1 Å². The van der Waals surface area contributed by atoms with Gasteiger partial charge in [-0.15, -0.1) is 12.6 Å². The van der Waals surface area contributed by atoms with Gasteiger partial charge in [0.2, 0.25) is 5.91 Å². The Morgan fingerprint density at radius 1 is 1.29 bits per heavy atom. The van der Waals surface area contributed by atoms with Crippen molar-refractivity contribution >= 4 is 24.4 Å². The average molecular weight is 254 g/mol. The van der Waals surface area contributed by atoms with Crippen LogP contribution in [0, 0.1) is 0 Å². The van der Waals surface area contributed by atoms with Gasteiger partial charge in [0.15, 0.2) is 0 Å². The molecule has 0 saturated heterocycles. The van der Waals surface area contributed by atoms with Crippen LogP contribution >= 0.6 is 12.6 Å². The van der Waals surface area contributed by atoms with Crippen molar-refractivity contribution in [3.8, 4) is 0 Å². The molecule has 3 N–H and O–H groups in total. The van der Waals surface area contributed by atoms with Gasteiger partial charge >= 0.3 is 0 Å². The summed E-state index contributed by atoms with van der Waals surface area (Å²) >= 11 is 4.12. The molecule has 0 aliphatic rings. The number of primary amides is 1. The normalized spacial score (nSPS) is 9.94. The van der Waals surface area contributed by atoms with Gasteiger partial charge in [0, 0.05) is 17.0 Å². The average Bonchev–Trinajstić information content (AvgIpc) is 2.29. The lowest BCUT2D eigenvalue weighted by Gasteiger charge is -2.05. The number of hydrogen-bond acceptors (Lipinski definition) is 4. The van der Waals surface area contributed by atoms with Crippen molar-refractivity contribution in [2.45, 2.75) is 4.90 Å². The number of benzene rings is 1. The van der Waals surface area contributed by atoms with Crippen molar-refractivity contribution in [2.24, 2.45) is 5.73 Å². The molecule has 0 radical (unpaired) electrons. The van der Waals surface area contributed by atoms with Crippen LogP contribution in [0.2, 0.25) is 0 Å². The predicted molar refractivity (Wildman–Crippen MR) is 66.0 cm³/mol. The molecule has 1 aromatic rings. The van der Waals surface area contributed by atoms with E-state index < -0.39 is 5.91 Å². The molecule has 0 fully saturated rings. The Bertz CT molecular complexity index is 392. The Morgan fingerprint density at radius 2 is 1.94 bits per heavy atom. The minimum atomic E-state index is -0.527.